The molecule has 23 heavy (non-hydrogen) atoms. The Labute approximate surface area is 145 Å². The Kier molecular flexibility index (Phi) is 5.95. The van der Waals surface area contributed by atoms with Gasteiger partial charge in [-0.15, -0.1) is 0 Å². The molecule has 2 aromatic rings. The van der Waals surface area contributed by atoms with Gasteiger partial charge in [0, 0.05) is 9.50 Å². The summed E-state index contributed by atoms with van der Waals surface area (Å²) >= 11 is 8.88. The van der Waals surface area contributed by atoms with Crippen LogP contribution in [0.4, 0.5) is 10.1 Å². The normalized spacial score (nSPS) is 10.0. The van der Waals surface area contributed by atoms with Gasteiger partial charge in [-0.1, -0.05) is 23.7 Å². The van der Waals surface area contributed by atoms with Crippen LogP contribution in [0.5, 0.6) is 0 Å². The van der Waals surface area contributed by atoms with Crippen LogP contribution < -0.4 is 16.2 Å². The number of benzene rings is 2. The first-order valence-electron chi connectivity index (χ1n) is 6.50. The first kappa shape index (κ1) is 17.2. The van der Waals surface area contributed by atoms with Gasteiger partial charge in [-0.2, -0.15) is 0 Å². The second kappa shape index (κ2) is 7.94. The zero-order chi connectivity index (χ0) is 16.8. The lowest BCUT2D eigenvalue weighted by Crippen LogP contribution is -2.44. The van der Waals surface area contributed by atoms with Crippen LogP contribution in [0.15, 0.2) is 46.9 Å². The van der Waals surface area contributed by atoms with Crippen molar-refractivity contribution in [2.75, 3.05) is 11.9 Å². The smallest absolute Gasteiger partial charge is 0.270 e. The van der Waals surface area contributed by atoms with E-state index < -0.39 is 17.6 Å². The maximum Gasteiger partial charge on any atom is 0.270 e. The maximum atomic E-state index is 13.5. The maximum absolute atomic E-state index is 13.5. The Morgan fingerprint density at radius 3 is 2.57 bits per heavy atom. The van der Waals surface area contributed by atoms with Crippen molar-refractivity contribution in [3.63, 3.8) is 0 Å². The van der Waals surface area contributed by atoms with E-state index in [1.165, 1.54) is 12.1 Å². The molecule has 2 amide bonds. The predicted molar refractivity (Wildman–Crippen MR) is 89.7 cm³/mol. The number of rotatable bonds is 4. The van der Waals surface area contributed by atoms with Crippen LogP contribution in [0.3, 0.4) is 0 Å². The van der Waals surface area contributed by atoms with Gasteiger partial charge in [0.25, 0.3) is 11.8 Å². The van der Waals surface area contributed by atoms with E-state index in [0.29, 0.717) is 10.0 Å². The van der Waals surface area contributed by atoms with Crippen LogP contribution in [-0.4, -0.2) is 18.4 Å². The molecule has 2 rings (SSSR count). The van der Waals surface area contributed by atoms with Crippen molar-refractivity contribution in [3.8, 4) is 0 Å². The number of carbonyl (C=O) groups excluding carboxylic acids is 2. The van der Waals surface area contributed by atoms with Crippen LogP contribution in [0.2, 0.25) is 5.02 Å². The SMILES string of the molecule is O=C(CNc1ccc(Cl)cc1F)NNC(=O)c1ccccc1Br. The van der Waals surface area contributed by atoms with Crippen molar-refractivity contribution in [1.82, 2.24) is 10.9 Å². The zero-order valence-corrected chi connectivity index (χ0v) is 14.0. The number of carbonyl (C=O) groups is 2. The summed E-state index contributed by atoms with van der Waals surface area (Å²) in [5.74, 6) is -1.56. The van der Waals surface area contributed by atoms with Crippen LogP contribution in [0, 0.1) is 5.82 Å². The Balaban J connectivity index is 1.83. The third kappa shape index (κ3) is 4.94. The standard InChI is InChI=1S/C15H12BrClFN3O2/c16-11-4-2-1-3-10(11)15(23)21-20-14(22)8-19-13-6-5-9(17)7-12(13)18/h1-7,19H,8H2,(H,20,22)(H,21,23). The molecule has 0 aliphatic carbocycles. The minimum absolute atomic E-state index is 0.140. The summed E-state index contributed by atoms with van der Waals surface area (Å²) in [6, 6.07) is 10.8. The molecule has 8 heteroatoms. The lowest BCUT2D eigenvalue weighted by atomic mass is 10.2. The summed E-state index contributed by atoms with van der Waals surface area (Å²) in [5.41, 5.74) is 5.03. The minimum atomic E-state index is -0.567. The lowest BCUT2D eigenvalue weighted by molar-refractivity contribution is -0.120. The molecule has 2 aromatic carbocycles. The van der Waals surface area contributed by atoms with Gasteiger partial charge in [-0.05, 0) is 46.3 Å². The first-order chi connectivity index (χ1) is 11.0. The number of nitrogens with one attached hydrogen (secondary N) is 3. The van der Waals surface area contributed by atoms with E-state index in [-0.39, 0.29) is 17.3 Å². The third-order valence-electron chi connectivity index (χ3n) is 2.80. The number of halogens is 3. The van der Waals surface area contributed by atoms with Crippen LogP contribution in [0.1, 0.15) is 10.4 Å². The Morgan fingerprint density at radius 2 is 1.87 bits per heavy atom. The van der Waals surface area contributed by atoms with Crippen LogP contribution in [-0.2, 0) is 4.79 Å². The molecule has 0 saturated heterocycles. The van der Waals surface area contributed by atoms with Crippen molar-refractivity contribution >= 4 is 45.0 Å². The van der Waals surface area contributed by atoms with E-state index in [4.69, 9.17) is 11.6 Å². The van der Waals surface area contributed by atoms with Crippen molar-refractivity contribution in [3.05, 3.63) is 63.3 Å². The molecule has 0 aliphatic rings. The fourth-order valence-electron chi connectivity index (χ4n) is 1.69. The highest BCUT2D eigenvalue weighted by Crippen LogP contribution is 2.18. The molecule has 5 nitrogen and oxygen atoms in total. The summed E-state index contributed by atoms with van der Waals surface area (Å²) in [7, 11) is 0. The average molecular weight is 401 g/mol. The third-order valence-corrected chi connectivity index (χ3v) is 3.73. The van der Waals surface area contributed by atoms with Crippen molar-refractivity contribution < 1.29 is 14.0 Å². The van der Waals surface area contributed by atoms with Gasteiger partial charge in [-0.25, -0.2) is 4.39 Å². The largest absolute Gasteiger partial charge is 0.374 e. The van der Waals surface area contributed by atoms with E-state index in [2.05, 4.69) is 32.1 Å². The fourth-order valence-corrected chi connectivity index (χ4v) is 2.32. The fraction of sp³-hybridized carbons (Fsp3) is 0.0667. The number of hydrogen-bond donors (Lipinski definition) is 3. The Morgan fingerprint density at radius 1 is 1.13 bits per heavy atom. The summed E-state index contributed by atoms with van der Waals surface area (Å²) in [5, 5.41) is 2.87. The zero-order valence-electron chi connectivity index (χ0n) is 11.7. The minimum Gasteiger partial charge on any atom is -0.374 e. The van der Waals surface area contributed by atoms with Crippen molar-refractivity contribution in [2.24, 2.45) is 0 Å². The second-order valence-electron chi connectivity index (χ2n) is 4.46. The molecular formula is C15H12BrClFN3O2. The number of anilines is 1. The lowest BCUT2D eigenvalue weighted by Gasteiger charge is -2.10. The Bertz CT molecular complexity index is 742. The number of hydrogen-bond acceptors (Lipinski definition) is 3. The van der Waals surface area contributed by atoms with Gasteiger partial charge in [0.1, 0.15) is 5.82 Å². The van der Waals surface area contributed by atoms with Crippen LogP contribution >= 0.6 is 27.5 Å². The van der Waals surface area contributed by atoms with Gasteiger partial charge >= 0.3 is 0 Å². The van der Waals surface area contributed by atoms with Crippen molar-refractivity contribution in [1.29, 1.82) is 0 Å². The molecule has 0 fully saturated rings. The van der Waals surface area contributed by atoms with E-state index in [0.717, 1.165) is 6.07 Å². The predicted octanol–water partition coefficient (Wildman–Crippen LogP) is 3.11. The van der Waals surface area contributed by atoms with E-state index in [9.17, 15) is 14.0 Å². The van der Waals surface area contributed by atoms with Crippen LogP contribution in [0.25, 0.3) is 0 Å². The average Bonchev–Trinajstić information content (AvgIpc) is 2.52. The highest BCUT2D eigenvalue weighted by Gasteiger charge is 2.10. The van der Waals surface area contributed by atoms with E-state index >= 15 is 0 Å². The summed E-state index contributed by atoms with van der Waals surface area (Å²) in [4.78, 5) is 23.6. The number of amides is 2. The molecule has 0 saturated carbocycles. The van der Waals surface area contributed by atoms with Crippen molar-refractivity contribution in [2.45, 2.75) is 0 Å². The molecule has 0 spiro atoms. The highest BCUT2D eigenvalue weighted by molar-refractivity contribution is 9.10. The molecule has 0 heterocycles. The van der Waals surface area contributed by atoms with E-state index in [1.807, 2.05) is 0 Å². The molecule has 0 radical (unpaired) electrons. The highest BCUT2D eigenvalue weighted by atomic mass is 79.9. The first-order valence-corrected chi connectivity index (χ1v) is 7.67. The van der Waals surface area contributed by atoms with Gasteiger partial charge in [0.2, 0.25) is 0 Å². The molecule has 0 unspecified atom stereocenters. The molecule has 0 aromatic heterocycles. The summed E-state index contributed by atoms with van der Waals surface area (Å²) in [6.07, 6.45) is 0. The molecule has 0 aliphatic heterocycles. The number of hydrazine groups is 1. The molecule has 120 valence electrons. The topological polar surface area (TPSA) is 70.2 Å². The summed E-state index contributed by atoms with van der Waals surface area (Å²) in [6.45, 7) is -0.214. The molecular weight excluding hydrogens is 389 g/mol. The molecule has 3 N–H and O–H groups in total. The molecule has 0 atom stereocenters. The Hall–Kier alpha value is -2.12. The summed E-state index contributed by atoms with van der Waals surface area (Å²) < 4.78 is 14.1. The van der Waals surface area contributed by atoms with Gasteiger partial charge in [0.15, 0.2) is 0 Å². The van der Waals surface area contributed by atoms with Gasteiger partial charge in [-0.3, -0.25) is 20.4 Å². The van der Waals surface area contributed by atoms with Gasteiger partial charge < -0.3 is 5.32 Å². The monoisotopic (exact) mass is 399 g/mol. The second-order valence-corrected chi connectivity index (χ2v) is 5.75. The molecule has 0 bridgehead atoms. The van der Waals surface area contributed by atoms with E-state index in [1.54, 1.807) is 24.3 Å². The quantitative estimate of drug-likeness (QED) is 0.691. The van der Waals surface area contributed by atoms with Gasteiger partial charge in [0.05, 0.1) is 17.8 Å².